The van der Waals surface area contributed by atoms with Crippen LogP contribution in [0.3, 0.4) is 0 Å². The van der Waals surface area contributed by atoms with Gasteiger partial charge in [-0.2, -0.15) is 0 Å². The van der Waals surface area contributed by atoms with Gasteiger partial charge in [-0.25, -0.2) is 4.98 Å². The van der Waals surface area contributed by atoms with Gasteiger partial charge in [0, 0.05) is 25.6 Å². The highest BCUT2D eigenvalue weighted by Gasteiger charge is 2.38. The summed E-state index contributed by atoms with van der Waals surface area (Å²) in [6.07, 6.45) is 2.36. The molecule has 0 aliphatic carbocycles. The third-order valence-corrected chi connectivity index (χ3v) is 4.86. The maximum absolute atomic E-state index is 12.7. The molecular weight excluding hydrogens is 328 g/mol. The Morgan fingerprint density at radius 2 is 2.17 bits per heavy atom. The predicted molar refractivity (Wildman–Crippen MR) is 92.0 cm³/mol. The molecule has 24 heavy (non-hydrogen) atoms. The zero-order chi connectivity index (χ0) is 17.3. The summed E-state index contributed by atoms with van der Waals surface area (Å²) in [5.41, 5.74) is 0.881. The number of hydrogen-bond donors (Lipinski definition) is 0. The van der Waals surface area contributed by atoms with E-state index in [0.717, 1.165) is 6.42 Å². The number of halogens is 1. The largest absolute Gasteiger partial charge is 0.444 e. The first kappa shape index (κ1) is 17.0. The quantitative estimate of drug-likeness (QED) is 0.844. The fourth-order valence-corrected chi connectivity index (χ4v) is 3.46. The van der Waals surface area contributed by atoms with Crippen LogP contribution in [0, 0.1) is 5.41 Å². The van der Waals surface area contributed by atoms with E-state index in [9.17, 15) is 4.79 Å². The Morgan fingerprint density at radius 1 is 1.42 bits per heavy atom. The molecule has 1 aliphatic rings. The van der Waals surface area contributed by atoms with Crippen LogP contribution in [-0.2, 0) is 4.74 Å². The highest BCUT2D eigenvalue weighted by atomic mass is 35.5. The van der Waals surface area contributed by atoms with Crippen molar-refractivity contribution in [2.24, 2.45) is 5.41 Å². The van der Waals surface area contributed by atoms with Crippen molar-refractivity contribution in [2.45, 2.75) is 26.4 Å². The Kier molecular flexibility index (Phi) is 4.65. The number of nitrogens with zero attached hydrogens (tertiary/aromatic N) is 2. The van der Waals surface area contributed by atoms with Gasteiger partial charge in [0.2, 0.25) is 5.89 Å². The summed E-state index contributed by atoms with van der Waals surface area (Å²) in [5, 5.41) is 0.542. The van der Waals surface area contributed by atoms with Crippen LogP contribution < -0.4 is 0 Å². The van der Waals surface area contributed by atoms with Crippen molar-refractivity contribution in [1.29, 1.82) is 0 Å². The van der Waals surface area contributed by atoms with Crippen molar-refractivity contribution in [3.8, 4) is 11.5 Å². The van der Waals surface area contributed by atoms with Gasteiger partial charge >= 0.3 is 0 Å². The molecule has 5 nitrogen and oxygen atoms in total. The second-order valence-corrected chi connectivity index (χ2v) is 7.15. The van der Waals surface area contributed by atoms with Gasteiger partial charge in [0.1, 0.15) is 6.26 Å². The molecule has 0 spiro atoms. The number of methoxy groups -OCH3 is 1. The van der Waals surface area contributed by atoms with Gasteiger partial charge < -0.3 is 14.1 Å². The molecule has 0 bridgehead atoms. The van der Waals surface area contributed by atoms with Gasteiger partial charge in [-0.3, -0.25) is 4.79 Å². The normalized spacial score (nSPS) is 20.2. The lowest BCUT2D eigenvalue weighted by atomic mass is 9.81. The van der Waals surface area contributed by atoms with E-state index in [2.05, 4.69) is 18.8 Å². The first-order valence-electron chi connectivity index (χ1n) is 7.95. The highest BCUT2D eigenvalue weighted by Crippen LogP contribution is 2.32. The zero-order valence-corrected chi connectivity index (χ0v) is 14.8. The second kappa shape index (κ2) is 6.57. The molecule has 1 atom stereocenters. The van der Waals surface area contributed by atoms with Crippen molar-refractivity contribution in [3.05, 3.63) is 41.2 Å². The van der Waals surface area contributed by atoms with E-state index in [1.165, 1.54) is 6.26 Å². The molecule has 1 aliphatic heterocycles. The van der Waals surface area contributed by atoms with E-state index in [4.69, 9.17) is 20.8 Å². The zero-order valence-electron chi connectivity index (χ0n) is 14.1. The second-order valence-electron chi connectivity index (χ2n) is 6.75. The maximum atomic E-state index is 12.7. The van der Waals surface area contributed by atoms with Crippen molar-refractivity contribution in [3.63, 3.8) is 0 Å². The first-order chi connectivity index (χ1) is 11.4. The molecule has 1 unspecified atom stereocenters. The van der Waals surface area contributed by atoms with Gasteiger partial charge in [-0.1, -0.05) is 37.6 Å². The highest BCUT2D eigenvalue weighted by molar-refractivity contribution is 6.33. The van der Waals surface area contributed by atoms with Crippen LogP contribution in [0.5, 0.6) is 0 Å². The summed E-state index contributed by atoms with van der Waals surface area (Å²) in [6, 6.07) is 7.27. The minimum atomic E-state index is -0.125. The predicted octanol–water partition coefficient (Wildman–Crippen LogP) is 3.88. The Bertz CT molecular complexity index is 741. The molecule has 0 radical (unpaired) electrons. The molecule has 2 aromatic rings. The van der Waals surface area contributed by atoms with Crippen LogP contribution in [-0.4, -0.2) is 42.1 Å². The van der Waals surface area contributed by atoms with Crippen LogP contribution in [0.4, 0.5) is 0 Å². The Hall–Kier alpha value is -1.85. The topological polar surface area (TPSA) is 55.6 Å². The van der Waals surface area contributed by atoms with Crippen molar-refractivity contribution < 1.29 is 13.9 Å². The monoisotopic (exact) mass is 348 g/mol. The number of likely N-dealkylation sites (tertiary alicyclic amines) is 1. The van der Waals surface area contributed by atoms with E-state index in [-0.39, 0.29) is 17.4 Å². The van der Waals surface area contributed by atoms with Gasteiger partial charge in [0.05, 0.1) is 16.7 Å². The first-order valence-corrected chi connectivity index (χ1v) is 8.32. The number of rotatable bonds is 3. The van der Waals surface area contributed by atoms with E-state index < -0.39 is 0 Å². The van der Waals surface area contributed by atoms with Crippen molar-refractivity contribution in [2.75, 3.05) is 20.2 Å². The average Bonchev–Trinajstić information content (AvgIpc) is 3.03. The van der Waals surface area contributed by atoms with Gasteiger partial charge in [-0.15, -0.1) is 0 Å². The molecule has 1 fully saturated rings. The van der Waals surface area contributed by atoms with Gasteiger partial charge in [0.15, 0.2) is 5.69 Å². The lowest BCUT2D eigenvalue weighted by Gasteiger charge is -2.43. The Morgan fingerprint density at radius 3 is 2.83 bits per heavy atom. The van der Waals surface area contributed by atoms with E-state index in [0.29, 0.717) is 35.3 Å². The molecule has 3 rings (SSSR count). The number of carbonyl (C=O) groups excluding carboxylic acids is 1. The van der Waals surface area contributed by atoms with Crippen molar-refractivity contribution >= 4 is 17.5 Å². The fourth-order valence-electron chi connectivity index (χ4n) is 3.24. The van der Waals surface area contributed by atoms with Crippen LogP contribution in [0.15, 0.2) is 34.9 Å². The molecule has 1 aromatic carbocycles. The average molecular weight is 349 g/mol. The summed E-state index contributed by atoms with van der Waals surface area (Å²) in [5.74, 6) is 0.231. The van der Waals surface area contributed by atoms with Crippen LogP contribution in [0.25, 0.3) is 11.5 Å². The molecule has 6 heteroatoms. The smallest absolute Gasteiger partial charge is 0.275 e. The third kappa shape index (κ3) is 3.19. The fraction of sp³-hybridized carbons (Fsp3) is 0.444. The Labute approximate surface area is 146 Å². The minimum absolute atomic E-state index is 0.0992. The number of piperidine rings is 1. The molecule has 1 aromatic heterocycles. The summed E-state index contributed by atoms with van der Waals surface area (Å²) in [4.78, 5) is 18.9. The van der Waals surface area contributed by atoms with E-state index in [1.54, 1.807) is 13.2 Å². The molecule has 2 heterocycles. The molecule has 1 amide bonds. The molecule has 128 valence electrons. The third-order valence-electron chi connectivity index (χ3n) is 4.53. The lowest BCUT2D eigenvalue weighted by molar-refractivity contribution is -0.0444. The SMILES string of the molecule is COC1CCN(C(=O)c2coc(-c3ccccc3Cl)n2)CC1(C)C. The molecular formula is C18H21ClN2O3. The molecule has 1 saturated heterocycles. The van der Waals surface area contributed by atoms with Gasteiger partial charge in [-0.05, 0) is 18.6 Å². The minimum Gasteiger partial charge on any atom is -0.444 e. The number of carbonyl (C=O) groups is 1. The van der Waals surface area contributed by atoms with E-state index >= 15 is 0 Å². The number of ether oxygens (including phenoxy) is 1. The van der Waals surface area contributed by atoms with Gasteiger partial charge in [0.25, 0.3) is 5.91 Å². The van der Waals surface area contributed by atoms with Crippen LogP contribution in [0.1, 0.15) is 30.8 Å². The summed E-state index contributed by atoms with van der Waals surface area (Å²) < 4.78 is 11.0. The Balaban J connectivity index is 1.79. The lowest BCUT2D eigenvalue weighted by Crippen LogP contribution is -2.51. The molecule has 0 N–H and O–H groups in total. The standard InChI is InChI=1S/C18H21ClN2O3/c1-18(2)11-21(9-8-15(18)23-3)17(22)14-10-24-16(20-14)12-6-4-5-7-13(12)19/h4-7,10,15H,8-9,11H2,1-3H3. The van der Waals surface area contributed by atoms with E-state index in [1.807, 2.05) is 23.1 Å². The summed E-state index contributed by atoms with van der Waals surface area (Å²) >= 11 is 6.16. The summed E-state index contributed by atoms with van der Waals surface area (Å²) in [6.45, 7) is 5.49. The van der Waals surface area contributed by atoms with Crippen LogP contribution >= 0.6 is 11.6 Å². The number of aromatic nitrogens is 1. The maximum Gasteiger partial charge on any atom is 0.275 e. The number of oxazole rings is 1. The number of hydrogen-bond acceptors (Lipinski definition) is 4. The summed E-state index contributed by atoms with van der Waals surface area (Å²) in [7, 11) is 1.72. The number of amides is 1. The molecule has 0 saturated carbocycles. The van der Waals surface area contributed by atoms with Crippen LogP contribution in [0.2, 0.25) is 5.02 Å². The van der Waals surface area contributed by atoms with Crippen molar-refractivity contribution in [1.82, 2.24) is 9.88 Å². The number of benzene rings is 1.